The molecule has 0 fully saturated rings. The predicted octanol–water partition coefficient (Wildman–Crippen LogP) is 7.48. The van der Waals surface area contributed by atoms with Gasteiger partial charge in [0.15, 0.2) is 0 Å². The van der Waals surface area contributed by atoms with E-state index in [-0.39, 0.29) is 0 Å². The molecular formula is C23H13NS2. The molecule has 0 aliphatic rings. The molecule has 3 aromatic heterocycles. The van der Waals surface area contributed by atoms with Crippen molar-refractivity contribution in [2.75, 3.05) is 0 Å². The number of aromatic nitrogens is 1. The minimum Gasteiger partial charge on any atom is -0.255 e. The first-order valence-corrected chi connectivity index (χ1v) is 10.2. The first-order valence-electron chi connectivity index (χ1n) is 8.56. The molecule has 0 atom stereocenters. The van der Waals surface area contributed by atoms with Crippen molar-refractivity contribution in [2.45, 2.75) is 0 Å². The molecule has 0 aliphatic heterocycles. The van der Waals surface area contributed by atoms with Crippen molar-refractivity contribution in [1.82, 2.24) is 4.98 Å². The summed E-state index contributed by atoms with van der Waals surface area (Å²) in [5, 5.41) is 3.97. The van der Waals surface area contributed by atoms with E-state index in [4.69, 9.17) is 4.98 Å². The van der Waals surface area contributed by atoms with Crippen molar-refractivity contribution in [1.29, 1.82) is 0 Å². The Morgan fingerprint density at radius 2 is 1.38 bits per heavy atom. The number of fused-ring (bicyclic) bond motifs is 6. The summed E-state index contributed by atoms with van der Waals surface area (Å²) in [6.45, 7) is 0. The van der Waals surface area contributed by atoms with E-state index >= 15 is 0 Å². The molecule has 6 rings (SSSR count). The highest BCUT2D eigenvalue weighted by atomic mass is 32.1. The van der Waals surface area contributed by atoms with Crippen LogP contribution in [-0.2, 0) is 0 Å². The Morgan fingerprint density at radius 1 is 0.615 bits per heavy atom. The normalized spacial score (nSPS) is 11.8. The Bertz CT molecular complexity index is 1420. The van der Waals surface area contributed by atoms with Gasteiger partial charge in [-0.2, -0.15) is 0 Å². The van der Waals surface area contributed by atoms with Crippen LogP contribution in [0.3, 0.4) is 0 Å². The first-order chi connectivity index (χ1) is 12.9. The second-order valence-corrected chi connectivity index (χ2v) is 8.58. The summed E-state index contributed by atoms with van der Waals surface area (Å²) in [6, 6.07) is 26.1. The number of hydrogen-bond acceptors (Lipinski definition) is 3. The SMILES string of the molecule is c1ccc(-c2ccnc3c2sc2cc4c(cc23)sc2ccccc24)cc1. The molecule has 122 valence electrons. The van der Waals surface area contributed by atoms with Gasteiger partial charge in [-0.1, -0.05) is 48.5 Å². The Morgan fingerprint density at radius 3 is 2.31 bits per heavy atom. The second kappa shape index (κ2) is 5.37. The minimum atomic E-state index is 1.12. The van der Waals surface area contributed by atoms with Crippen LogP contribution in [0.2, 0.25) is 0 Å². The highest BCUT2D eigenvalue weighted by molar-refractivity contribution is 7.27. The lowest BCUT2D eigenvalue weighted by Gasteiger charge is -2.02. The van der Waals surface area contributed by atoms with E-state index in [1.807, 2.05) is 28.9 Å². The van der Waals surface area contributed by atoms with Gasteiger partial charge in [0.25, 0.3) is 0 Å². The summed E-state index contributed by atoms with van der Waals surface area (Å²) in [6.07, 6.45) is 1.94. The first kappa shape index (κ1) is 14.4. The molecule has 26 heavy (non-hydrogen) atoms. The second-order valence-electron chi connectivity index (χ2n) is 6.45. The smallest absolute Gasteiger partial charge is 0.0895 e. The van der Waals surface area contributed by atoms with Crippen LogP contribution in [-0.4, -0.2) is 4.98 Å². The van der Waals surface area contributed by atoms with Gasteiger partial charge in [-0.25, -0.2) is 0 Å². The van der Waals surface area contributed by atoms with E-state index < -0.39 is 0 Å². The van der Waals surface area contributed by atoms with Crippen LogP contribution in [0.25, 0.3) is 51.6 Å². The van der Waals surface area contributed by atoms with Crippen LogP contribution in [0.15, 0.2) is 79.0 Å². The standard InChI is InChI=1S/C23H13NS2/c1-2-6-14(7-3-1)15-10-11-24-22-18-13-20-17(12-21(18)26-23(15)22)16-8-4-5-9-19(16)25-20/h1-13H. The van der Waals surface area contributed by atoms with Crippen LogP contribution in [0.4, 0.5) is 0 Å². The van der Waals surface area contributed by atoms with Gasteiger partial charge in [0, 0.05) is 42.0 Å². The summed E-state index contributed by atoms with van der Waals surface area (Å²) >= 11 is 3.72. The van der Waals surface area contributed by atoms with Gasteiger partial charge in [-0.15, -0.1) is 22.7 Å². The topological polar surface area (TPSA) is 12.9 Å². The molecule has 0 N–H and O–H groups in total. The van der Waals surface area contributed by atoms with Gasteiger partial charge in [-0.3, -0.25) is 4.98 Å². The van der Waals surface area contributed by atoms with Crippen LogP contribution >= 0.6 is 22.7 Å². The molecule has 0 amide bonds. The van der Waals surface area contributed by atoms with Gasteiger partial charge in [0.2, 0.25) is 0 Å². The maximum absolute atomic E-state index is 4.73. The van der Waals surface area contributed by atoms with Gasteiger partial charge in [-0.05, 0) is 29.8 Å². The number of thiophene rings is 2. The van der Waals surface area contributed by atoms with E-state index in [1.165, 1.54) is 46.1 Å². The van der Waals surface area contributed by atoms with Crippen molar-refractivity contribution < 1.29 is 0 Å². The highest BCUT2D eigenvalue weighted by Crippen LogP contribution is 2.43. The maximum Gasteiger partial charge on any atom is 0.0895 e. The largest absolute Gasteiger partial charge is 0.255 e. The maximum atomic E-state index is 4.73. The minimum absolute atomic E-state index is 1.12. The lowest BCUT2D eigenvalue weighted by Crippen LogP contribution is -1.80. The van der Waals surface area contributed by atoms with Crippen molar-refractivity contribution in [3.63, 3.8) is 0 Å². The molecular weight excluding hydrogens is 354 g/mol. The molecule has 3 heterocycles. The molecule has 0 bridgehead atoms. The Balaban J connectivity index is 1.73. The molecule has 3 heteroatoms. The van der Waals surface area contributed by atoms with Crippen LogP contribution in [0.1, 0.15) is 0 Å². The van der Waals surface area contributed by atoms with Gasteiger partial charge in [0.05, 0.1) is 10.2 Å². The van der Waals surface area contributed by atoms with Crippen molar-refractivity contribution in [2.24, 2.45) is 0 Å². The van der Waals surface area contributed by atoms with E-state index in [2.05, 4.69) is 72.8 Å². The molecule has 0 saturated carbocycles. The number of hydrogen-bond donors (Lipinski definition) is 0. The average Bonchev–Trinajstić information content (AvgIpc) is 3.24. The monoisotopic (exact) mass is 367 g/mol. The Kier molecular flexibility index (Phi) is 2.98. The zero-order valence-electron chi connectivity index (χ0n) is 13.8. The molecule has 3 aromatic carbocycles. The van der Waals surface area contributed by atoms with Crippen molar-refractivity contribution >= 4 is 63.1 Å². The third-order valence-corrected chi connectivity index (χ3v) is 7.24. The fourth-order valence-corrected chi connectivity index (χ4v) is 6.06. The lowest BCUT2D eigenvalue weighted by molar-refractivity contribution is 1.44. The number of pyridine rings is 1. The van der Waals surface area contributed by atoms with E-state index in [9.17, 15) is 0 Å². The van der Waals surface area contributed by atoms with Gasteiger partial charge in [0.1, 0.15) is 0 Å². The average molecular weight is 367 g/mol. The van der Waals surface area contributed by atoms with Crippen LogP contribution < -0.4 is 0 Å². The van der Waals surface area contributed by atoms with Crippen LogP contribution in [0.5, 0.6) is 0 Å². The van der Waals surface area contributed by atoms with Gasteiger partial charge < -0.3 is 0 Å². The third kappa shape index (κ3) is 1.99. The summed E-state index contributed by atoms with van der Waals surface area (Å²) in [5.74, 6) is 0. The molecule has 0 saturated heterocycles. The van der Waals surface area contributed by atoms with E-state index in [1.54, 1.807) is 0 Å². The zero-order chi connectivity index (χ0) is 17.1. The zero-order valence-corrected chi connectivity index (χ0v) is 15.4. The molecule has 6 aromatic rings. The summed E-state index contributed by atoms with van der Waals surface area (Å²) in [4.78, 5) is 4.73. The lowest BCUT2D eigenvalue weighted by atomic mass is 10.1. The number of rotatable bonds is 1. The Labute approximate surface area is 158 Å². The summed E-state index contributed by atoms with van der Waals surface area (Å²) < 4.78 is 5.27. The molecule has 0 radical (unpaired) electrons. The summed E-state index contributed by atoms with van der Waals surface area (Å²) in [5.41, 5.74) is 3.63. The molecule has 0 spiro atoms. The van der Waals surface area contributed by atoms with Crippen LogP contribution in [0, 0.1) is 0 Å². The predicted molar refractivity (Wildman–Crippen MR) is 115 cm³/mol. The van der Waals surface area contributed by atoms with Crippen molar-refractivity contribution in [3.05, 3.63) is 79.0 Å². The Hall–Kier alpha value is -2.75. The van der Waals surface area contributed by atoms with Crippen molar-refractivity contribution in [3.8, 4) is 11.1 Å². The van der Waals surface area contributed by atoms with E-state index in [0.717, 1.165) is 5.52 Å². The fourth-order valence-electron chi connectivity index (χ4n) is 3.72. The fraction of sp³-hybridized carbons (Fsp3) is 0. The van der Waals surface area contributed by atoms with E-state index in [0.29, 0.717) is 0 Å². The highest BCUT2D eigenvalue weighted by Gasteiger charge is 2.14. The summed E-state index contributed by atoms with van der Waals surface area (Å²) in [7, 11) is 0. The third-order valence-electron chi connectivity index (χ3n) is 4.94. The molecule has 0 aliphatic carbocycles. The molecule has 1 nitrogen and oxygen atoms in total. The number of benzene rings is 3. The quantitative estimate of drug-likeness (QED) is 0.293. The molecule has 0 unspecified atom stereocenters. The number of nitrogens with zero attached hydrogens (tertiary/aromatic N) is 1. The van der Waals surface area contributed by atoms with Gasteiger partial charge >= 0.3 is 0 Å².